The SMILES string of the molecule is C=C1CC23CCC4C(C)(CCC(OC(=O)C=C(C)C)C4(C)C(=O)O)C2CCC1C3. The lowest BCUT2D eigenvalue weighted by molar-refractivity contribution is -0.211. The highest BCUT2D eigenvalue weighted by Crippen LogP contribution is 2.72. The van der Waals surface area contributed by atoms with Crippen molar-refractivity contribution in [2.75, 3.05) is 0 Å². The zero-order chi connectivity index (χ0) is 21.2. The lowest BCUT2D eigenvalue weighted by Crippen LogP contribution is -2.63. The zero-order valence-electron chi connectivity index (χ0n) is 18.4. The van der Waals surface area contributed by atoms with Crippen molar-refractivity contribution in [1.29, 1.82) is 0 Å². The fourth-order valence-corrected chi connectivity index (χ4v) is 8.13. The highest BCUT2D eigenvalue weighted by Gasteiger charge is 2.67. The number of hydrogen-bond acceptors (Lipinski definition) is 3. The Morgan fingerprint density at radius 1 is 1.10 bits per heavy atom. The van der Waals surface area contributed by atoms with Crippen LogP contribution in [0.3, 0.4) is 0 Å². The molecule has 0 amide bonds. The Morgan fingerprint density at radius 2 is 1.83 bits per heavy atom. The Bertz CT molecular complexity index is 778. The van der Waals surface area contributed by atoms with Gasteiger partial charge in [-0.25, -0.2) is 4.79 Å². The maximum Gasteiger partial charge on any atom is 0.330 e. The molecule has 1 spiro atoms. The lowest BCUT2D eigenvalue weighted by atomic mass is 9.40. The summed E-state index contributed by atoms with van der Waals surface area (Å²) in [5, 5.41) is 10.4. The molecule has 4 nitrogen and oxygen atoms in total. The van der Waals surface area contributed by atoms with E-state index in [4.69, 9.17) is 4.74 Å². The third-order valence-corrected chi connectivity index (χ3v) is 9.34. The van der Waals surface area contributed by atoms with E-state index in [0.29, 0.717) is 23.7 Å². The maximum absolute atomic E-state index is 12.6. The van der Waals surface area contributed by atoms with E-state index in [9.17, 15) is 14.7 Å². The third-order valence-electron chi connectivity index (χ3n) is 9.34. The van der Waals surface area contributed by atoms with Gasteiger partial charge < -0.3 is 9.84 Å². The molecule has 4 aliphatic carbocycles. The van der Waals surface area contributed by atoms with Crippen LogP contribution in [-0.4, -0.2) is 23.1 Å². The van der Waals surface area contributed by atoms with Crippen LogP contribution in [0.4, 0.5) is 0 Å². The molecule has 4 rings (SSSR count). The molecule has 0 aromatic carbocycles. The topological polar surface area (TPSA) is 63.6 Å². The fraction of sp³-hybridized carbons (Fsp3) is 0.760. The van der Waals surface area contributed by atoms with Crippen molar-refractivity contribution in [3.63, 3.8) is 0 Å². The van der Waals surface area contributed by atoms with Gasteiger partial charge in [0.2, 0.25) is 0 Å². The molecule has 4 heteroatoms. The average Bonchev–Trinajstić information content (AvgIpc) is 2.85. The van der Waals surface area contributed by atoms with Crippen LogP contribution in [0, 0.1) is 34.0 Å². The molecular formula is C25H36O4. The van der Waals surface area contributed by atoms with E-state index in [-0.39, 0.29) is 11.3 Å². The number of aliphatic carboxylic acids is 1. The molecule has 2 bridgehead atoms. The summed E-state index contributed by atoms with van der Waals surface area (Å²) >= 11 is 0. The number of allylic oxidation sites excluding steroid dienone is 2. The molecule has 0 aromatic rings. The van der Waals surface area contributed by atoms with Crippen LogP contribution in [0.15, 0.2) is 23.8 Å². The Balaban J connectivity index is 1.67. The Labute approximate surface area is 174 Å². The van der Waals surface area contributed by atoms with E-state index in [0.717, 1.165) is 31.3 Å². The van der Waals surface area contributed by atoms with Gasteiger partial charge in [0.15, 0.2) is 0 Å². The summed E-state index contributed by atoms with van der Waals surface area (Å²) in [6, 6.07) is 0. The minimum Gasteiger partial charge on any atom is -0.481 e. The normalized spacial score (nSPS) is 45.7. The van der Waals surface area contributed by atoms with E-state index in [1.165, 1.54) is 30.9 Å². The molecule has 4 aliphatic rings. The zero-order valence-corrected chi connectivity index (χ0v) is 18.4. The van der Waals surface area contributed by atoms with Crippen molar-refractivity contribution in [1.82, 2.24) is 0 Å². The molecule has 0 saturated heterocycles. The lowest BCUT2D eigenvalue weighted by Gasteiger charge is -2.64. The second kappa shape index (κ2) is 6.72. The number of carbonyl (C=O) groups excluding carboxylic acids is 1. The van der Waals surface area contributed by atoms with Gasteiger partial charge >= 0.3 is 11.9 Å². The Morgan fingerprint density at radius 3 is 2.48 bits per heavy atom. The summed E-state index contributed by atoms with van der Waals surface area (Å²) in [4.78, 5) is 25.0. The van der Waals surface area contributed by atoms with Gasteiger partial charge in [0.25, 0.3) is 0 Å². The number of hydrogen-bond donors (Lipinski definition) is 1. The van der Waals surface area contributed by atoms with E-state index >= 15 is 0 Å². The minimum atomic E-state index is -1.04. The van der Waals surface area contributed by atoms with E-state index in [1.54, 1.807) is 0 Å². The van der Waals surface area contributed by atoms with Crippen molar-refractivity contribution in [3.05, 3.63) is 23.8 Å². The molecule has 0 heterocycles. The second-order valence-electron chi connectivity index (χ2n) is 11.1. The number of carbonyl (C=O) groups is 2. The maximum atomic E-state index is 12.6. The first-order valence-corrected chi connectivity index (χ1v) is 11.3. The predicted octanol–water partition coefficient (Wildman–Crippen LogP) is 5.53. The number of fused-ring (bicyclic) bond motifs is 3. The standard InChI is InChI=1S/C25H36O4/c1-15(2)12-21(26)29-20-9-10-23(4)18(24(20,5)22(27)28)8-11-25-13-16(3)17(14-25)6-7-19(23)25/h12,17-20H,3,6-11,13-14H2,1-2,4-5H3,(H,27,28). The van der Waals surface area contributed by atoms with Gasteiger partial charge in [-0.2, -0.15) is 0 Å². The summed E-state index contributed by atoms with van der Waals surface area (Å²) in [5.74, 6) is 0.0395. The van der Waals surface area contributed by atoms with Gasteiger partial charge in [-0.1, -0.05) is 24.6 Å². The number of ether oxygens (including phenoxy) is 1. The molecule has 7 atom stereocenters. The van der Waals surface area contributed by atoms with Gasteiger partial charge in [-0.3, -0.25) is 4.79 Å². The van der Waals surface area contributed by atoms with Crippen LogP contribution in [0.2, 0.25) is 0 Å². The second-order valence-corrected chi connectivity index (χ2v) is 11.1. The summed E-state index contributed by atoms with van der Waals surface area (Å²) in [5.41, 5.74) is 1.58. The van der Waals surface area contributed by atoms with Gasteiger partial charge in [-0.05, 0) is 101 Å². The van der Waals surface area contributed by atoms with Crippen molar-refractivity contribution < 1.29 is 19.4 Å². The number of esters is 1. The molecule has 29 heavy (non-hydrogen) atoms. The van der Waals surface area contributed by atoms with Crippen molar-refractivity contribution in [2.24, 2.45) is 34.0 Å². The van der Waals surface area contributed by atoms with Crippen LogP contribution < -0.4 is 0 Å². The van der Waals surface area contributed by atoms with Crippen LogP contribution in [0.25, 0.3) is 0 Å². The van der Waals surface area contributed by atoms with Crippen molar-refractivity contribution in [2.45, 2.75) is 85.2 Å². The summed E-state index contributed by atoms with van der Waals surface area (Å²) < 4.78 is 5.78. The Kier molecular flexibility index (Phi) is 4.79. The van der Waals surface area contributed by atoms with Gasteiger partial charge in [0.05, 0.1) is 0 Å². The Hall–Kier alpha value is -1.58. The summed E-state index contributed by atoms with van der Waals surface area (Å²) in [6.07, 6.45) is 9.26. The molecule has 4 fully saturated rings. The third kappa shape index (κ3) is 2.92. The molecule has 0 aromatic heterocycles. The number of carboxylic acids is 1. The van der Waals surface area contributed by atoms with E-state index in [2.05, 4.69) is 13.5 Å². The summed E-state index contributed by atoms with van der Waals surface area (Å²) in [7, 11) is 0. The molecule has 0 radical (unpaired) electrons. The number of carboxylic acid groups (broad SMARTS) is 1. The van der Waals surface area contributed by atoms with Gasteiger partial charge in [0.1, 0.15) is 11.5 Å². The molecule has 160 valence electrons. The first-order chi connectivity index (χ1) is 13.5. The number of rotatable bonds is 3. The van der Waals surface area contributed by atoms with Crippen molar-refractivity contribution in [3.8, 4) is 0 Å². The smallest absolute Gasteiger partial charge is 0.330 e. The fourth-order valence-electron chi connectivity index (χ4n) is 8.13. The van der Waals surface area contributed by atoms with Crippen LogP contribution in [0.5, 0.6) is 0 Å². The molecule has 1 N–H and O–H groups in total. The summed E-state index contributed by atoms with van der Waals surface area (Å²) in [6.45, 7) is 12.3. The monoisotopic (exact) mass is 400 g/mol. The quantitative estimate of drug-likeness (QED) is 0.384. The highest BCUT2D eigenvalue weighted by molar-refractivity contribution is 5.83. The van der Waals surface area contributed by atoms with E-state index < -0.39 is 23.5 Å². The van der Waals surface area contributed by atoms with Gasteiger partial charge in [-0.15, -0.1) is 0 Å². The predicted molar refractivity (Wildman–Crippen MR) is 112 cm³/mol. The molecule has 0 aliphatic heterocycles. The average molecular weight is 401 g/mol. The minimum absolute atomic E-state index is 0.0135. The van der Waals surface area contributed by atoms with Crippen molar-refractivity contribution >= 4 is 11.9 Å². The molecule has 7 unspecified atom stereocenters. The highest BCUT2D eigenvalue weighted by atomic mass is 16.5. The molecular weight excluding hydrogens is 364 g/mol. The van der Waals surface area contributed by atoms with Gasteiger partial charge in [0, 0.05) is 6.08 Å². The van der Waals surface area contributed by atoms with E-state index in [1.807, 2.05) is 20.8 Å². The van der Waals surface area contributed by atoms with Crippen LogP contribution in [-0.2, 0) is 14.3 Å². The first-order valence-electron chi connectivity index (χ1n) is 11.3. The largest absolute Gasteiger partial charge is 0.481 e. The van der Waals surface area contributed by atoms with Crippen LogP contribution >= 0.6 is 0 Å². The van der Waals surface area contributed by atoms with Crippen LogP contribution in [0.1, 0.15) is 79.1 Å². The first kappa shape index (κ1) is 20.7. The molecule has 4 saturated carbocycles.